The van der Waals surface area contributed by atoms with Crippen molar-refractivity contribution in [3.8, 4) is 0 Å². The van der Waals surface area contributed by atoms with Gasteiger partial charge in [0, 0.05) is 51.6 Å². The molecule has 5 nitrogen and oxygen atoms in total. The first-order chi connectivity index (χ1) is 26.4. The van der Waals surface area contributed by atoms with Crippen molar-refractivity contribution >= 4 is 51.1 Å². The number of rotatable bonds is 4. The van der Waals surface area contributed by atoms with Crippen molar-refractivity contribution in [3.63, 3.8) is 0 Å². The summed E-state index contributed by atoms with van der Waals surface area (Å²) in [6.07, 6.45) is 18.5. The normalized spacial score (nSPS) is 28.0. The summed E-state index contributed by atoms with van der Waals surface area (Å²) in [5, 5.41) is 12.4. The number of hydrogen-bond acceptors (Lipinski definition) is 1. The van der Waals surface area contributed by atoms with Gasteiger partial charge in [0.1, 0.15) is 5.84 Å². The molecule has 0 amide bonds. The highest BCUT2D eigenvalue weighted by molar-refractivity contribution is 6.10. The number of hydrogen-bond donors (Lipinski definition) is 1. The summed E-state index contributed by atoms with van der Waals surface area (Å²) in [6.45, 7) is 6.97. The Morgan fingerprint density at radius 2 is 1.65 bits per heavy atom. The molecule has 0 spiro atoms. The lowest BCUT2D eigenvalue weighted by Gasteiger charge is -2.44. The summed E-state index contributed by atoms with van der Waals surface area (Å²) in [6, 6.07) is 33.9. The Morgan fingerprint density at radius 3 is 2.48 bits per heavy atom. The van der Waals surface area contributed by atoms with Gasteiger partial charge in [-0.25, -0.2) is 4.99 Å². The van der Waals surface area contributed by atoms with Gasteiger partial charge < -0.3 is 9.47 Å². The summed E-state index contributed by atoms with van der Waals surface area (Å²) in [4.78, 5) is 12.4. The van der Waals surface area contributed by atoms with Crippen molar-refractivity contribution in [2.45, 2.75) is 89.6 Å². The van der Waals surface area contributed by atoms with Gasteiger partial charge in [0.15, 0.2) is 0 Å². The Labute approximate surface area is 319 Å². The average molecular weight is 710 g/mol. The topological polar surface area (TPSA) is 56.7 Å². The lowest BCUT2D eigenvalue weighted by atomic mass is 9.69. The fourth-order valence-electron chi connectivity index (χ4n) is 10.9. The number of fused-ring (bicyclic) bond motifs is 7. The Morgan fingerprint density at radius 1 is 0.889 bits per heavy atom. The predicted molar refractivity (Wildman–Crippen MR) is 226 cm³/mol. The lowest BCUT2D eigenvalue weighted by molar-refractivity contribution is 0.362. The van der Waals surface area contributed by atoms with Crippen molar-refractivity contribution in [1.29, 1.82) is 5.41 Å². The Hall–Kier alpha value is -5.03. The van der Waals surface area contributed by atoms with Gasteiger partial charge in [-0.3, -0.25) is 5.41 Å². The molecular formula is C49H51N5. The smallest absolute Gasteiger partial charge is 0.224 e. The van der Waals surface area contributed by atoms with E-state index in [9.17, 15) is 5.41 Å². The van der Waals surface area contributed by atoms with Gasteiger partial charge in [0.2, 0.25) is 5.96 Å². The van der Waals surface area contributed by atoms with Gasteiger partial charge in [-0.05, 0) is 116 Å². The number of aliphatic imine (C=N–C) groups is 2. The number of nitrogens with zero attached hydrogens (tertiary/aromatic N) is 4. The van der Waals surface area contributed by atoms with E-state index in [0.717, 1.165) is 54.6 Å². The van der Waals surface area contributed by atoms with Gasteiger partial charge in [-0.1, -0.05) is 111 Å². The quantitative estimate of drug-likeness (QED) is 0.113. The van der Waals surface area contributed by atoms with Gasteiger partial charge in [-0.15, -0.1) is 0 Å². The highest BCUT2D eigenvalue weighted by atomic mass is 15.3. The number of nitrogens with one attached hydrogen (secondary N) is 1. The zero-order valence-electron chi connectivity index (χ0n) is 31.9. The standard InChI is InChI=1S/C49H51N5/c1-31-21-23-44-40(25-31)41-27-36(22-24-45(41)53(44)43-20-12-17-35-26-39(35)43)38-28-42-37-18-10-11-19-46(37)54(49(42,3)29-32(38)2)48(50)52-47(34-15-8-5-9-16-34)51-30-33-13-6-4-7-14-33/h4,6-7,10-14,17-19,21-25,27-28,30,32,34-35,39,42-43,50H,5,8-9,15-16,20,26,29H2,1-3H3/b50-48?,51-30+,52-47-/t32?,35?,39?,42?,43?,49-/m0/s1. The largest absolute Gasteiger partial charge is 0.337 e. The van der Waals surface area contributed by atoms with E-state index in [-0.39, 0.29) is 17.4 Å². The molecule has 0 saturated heterocycles. The minimum Gasteiger partial charge on any atom is -0.337 e. The van der Waals surface area contributed by atoms with Gasteiger partial charge in [0.05, 0.1) is 5.54 Å². The molecule has 0 radical (unpaired) electrons. The van der Waals surface area contributed by atoms with E-state index in [2.05, 4.69) is 121 Å². The fraction of sp³-hybridized carbons (Fsp3) is 0.367. The zero-order chi connectivity index (χ0) is 36.6. The molecule has 4 aliphatic carbocycles. The van der Waals surface area contributed by atoms with Crippen LogP contribution in [0.5, 0.6) is 0 Å². The molecule has 1 aliphatic heterocycles. The first-order valence-electron chi connectivity index (χ1n) is 20.5. The summed E-state index contributed by atoms with van der Waals surface area (Å²) in [5.41, 5.74) is 9.92. The van der Waals surface area contributed by atoms with Crippen LogP contribution in [-0.4, -0.2) is 28.1 Å². The third-order valence-corrected chi connectivity index (χ3v) is 13.6. The number of guanidine groups is 1. The molecular weight excluding hydrogens is 659 g/mol. The third kappa shape index (κ3) is 5.53. The van der Waals surface area contributed by atoms with Crippen molar-refractivity contribution in [2.24, 2.45) is 33.7 Å². The second kappa shape index (κ2) is 13.1. The summed E-state index contributed by atoms with van der Waals surface area (Å²) < 4.78 is 2.68. The third-order valence-electron chi connectivity index (χ3n) is 13.6. The number of amidine groups is 1. The molecule has 1 aromatic heterocycles. The Kier molecular flexibility index (Phi) is 8.12. The minimum atomic E-state index is -0.319. The molecule has 2 saturated carbocycles. The van der Waals surface area contributed by atoms with Crippen molar-refractivity contribution in [3.05, 3.63) is 131 Å². The highest BCUT2D eigenvalue weighted by Gasteiger charge is 2.52. The maximum Gasteiger partial charge on any atom is 0.224 e. The molecule has 10 rings (SSSR count). The highest BCUT2D eigenvalue weighted by Crippen LogP contribution is 2.57. The number of anilines is 1. The lowest BCUT2D eigenvalue weighted by Crippen LogP contribution is -2.51. The molecule has 6 atom stereocenters. The van der Waals surface area contributed by atoms with Gasteiger partial charge in [-0.2, -0.15) is 4.99 Å². The van der Waals surface area contributed by atoms with Crippen LogP contribution >= 0.6 is 0 Å². The van der Waals surface area contributed by atoms with Crippen LogP contribution in [0.1, 0.15) is 99.4 Å². The molecule has 1 N–H and O–H groups in total. The Balaban J connectivity index is 1.04. The zero-order valence-corrected chi connectivity index (χ0v) is 31.9. The van der Waals surface area contributed by atoms with E-state index in [0.29, 0.717) is 17.9 Å². The molecule has 2 heterocycles. The van der Waals surface area contributed by atoms with Crippen molar-refractivity contribution < 1.29 is 0 Å². The van der Waals surface area contributed by atoms with Crippen LogP contribution in [-0.2, 0) is 0 Å². The first kappa shape index (κ1) is 33.5. The number of benzene rings is 4. The molecule has 5 heteroatoms. The number of aromatic nitrogens is 1. The summed E-state index contributed by atoms with van der Waals surface area (Å²) in [5.74, 6) is 3.35. The van der Waals surface area contributed by atoms with Crippen molar-refractivity contribution in [2.75, 3.05) is 4.90 Å². The van der Waals surface area contributed by atoms with E-state index in [1.807, 2.05) is 24.4 Å². The van der Waals surface area contributed by atoms with Crippen LogP contribution in [0.15, 0.2) is 119 Å². The molecule has 272 valence electrons. The van der Waals surface area contributed by atoms with E-state index >= 15 is 0 Å². The second-order valence-corrected chi connectivity index (χ2v) is 17.2. The molecule has 5 aliphatic rings. The van der Waals surface area contributed by atoms with Crippen molar-refractivity contribution in [1.82, 2.24) is 4.57 Å². The van der Waals surface area contributed by atoms with Crippen LogP contribution in [0.3, 0.4) is 0 Å². The SMILES string of the molecule is Cc1ccc2c(c1)c1cc(C3=CC4c5ccccc5N(C(=N)/N=C(\N=C\c5ccccc5)C5CCCCC5)[C@@]4(C)CC3C)ccc1n2C1CC=CC2CC21. The van der Waals surface area contributed by atoms with Crippen LogP contribution in [0, 0.1) is 36.0 Å². The van der Waals surface area contributed by atoms with Crippen LogP contribution < -0.4 is 4.90 Å². The van der Waals surface area contributed by atoms with E-state index in [1.165, 1.54) is 69.8 Å². The first-order valence-corrected chi connectivity index (χ1v) is 20.5. The Bertz CT molecular complexity index is 2400. The van der Waals surface area contributed by atoms with Crippen LogP contribution in [0.4, 0.5) is 5.69 Å². The molecule has 0 bridgehead atoms. The van der Waals surface area contributed by atoms with Gasteiger partial charge in [0.25, 0.3) is 0 Å². The molecule has 54 heavy (non-hydrogen) atoms. The summed E-state index contributed by atoms with van der Waals surface area (Å²) >= 11 is 0. The molecule has 2 fully saturated rings. The minimum absolute atomic E-state index is 0.140. The average Bonchev–Trinajstić information content (AvgIpc) is 3.87. The van der Waals surface area contributed by atoms with Gasteiger partial charge >= 0.3 is 0 Å². The molecule has 5 aromatic rings. The van der Waals surface area contributed by atoms with E-state index in [1.54, 1.807) is 0 Å². The monoisotopic (exact) mass is 709 g/mol. The fourth-order valence-corrected chi connectivity index (χ4v) is 10.9. The molecule has 5 unspecified atom stereocenters. The number of allylic oxidation sites excluding steroid dienone is 3. The second-order valence-electron chi connectivity index (χ2n) is 17.2. The van der Waals surface area contributed by atoms with Crippen LogP contribution in [0.2, 0.25) is 0 Å². The van der Waals surface area contributed by atoms with E-state index in [4.69, 9.17) is 9.98 Å². The number of aryl methyl sites for hydroxylation is 1. The number of para-hydroxylation sites is 1. The predicted octanol–water partition coefficient (Wildman–Crippen LogP) is 12.1. The van der Waals surface area contributed by atoms with Crippen LogP contribution in [0.25, 0.3) is 27.4 Å². The summed E-state index contributed by atoms with van der Waals surface area (Å²) in [7, 11) is 0. The van der Waals surface area contributed by atoms with E-state index < -0.39 is 0 Å². The maximum absolute atomic E-state index is 9.70. The molecule has 4 aromatic carbocycles. The maximum atomic E-state index is 9.70.